The molecule has 1 fully saturated rings. The van der Waals surface area contributed by atoms with E-state index in [4.69, 9.17) is 16.3 Å². The first-order valence-electron chi connectivity index (χ1n) is 7.01. The molecule has 2 nitrogen and oxygen atoms in total. The molecular formula is C16H14ClF5O2. The van der Waals surface area contributed by atoms with Gasteiger partial charge in [0.05, 0.1) is 11.5 Å². The second-order valence-corrected chi connectivity index (χ2v) is 6.61. The first-order valence-corrected chi connectivity index (χ1v) is 7.38. The SMILES string of the molecule is Cc1c(F)c(F)c(COC(=O)[C@H]2[C@H](C=C(F)Cl)C2(C)C)c(F)c1F. The number of benzene rings is 1. The van der Waals surface area contributed by atoms with Crippen molar-refractivity contribution in [3.63, 3.8) is 0 Å². The number of allylic oxidation sites excluding steroid dienone is 1. The van der Waals surface area contributed by atoms with Crippen LogP contribution in [0.3, 0.4) is 0 Å². The maximum absolute atomic E-state index is 13.7. The van der Waals surface area contributed by atoms with Crippen LogP contribution in [0.5, 0.6) is 0 Å². The van der Waals surface area contributed by atoms with Gasteiger partial charge in [-0.05, 0) is 18.4 Å². The van der Waals surface area contributed by atoms with Crippen LogP contribution in [0.4, 0.5) is 22.0 Å². The lowest BCUT2D eigenvalue weighted by atomic mass is 10.1. The molecule has 0 radical (unpaired) electrons. The Labute approximate surface area is 140 Å². The summed E-state index contributed by atoms with van der Waals surface area (Å²) in [5, 5.41) is -0.983. The Morgan fingerprint density at radius 2 is 1.67 bits per heavy atom. The third-order valence-electron chi connectivity index (χ3n) is 4.40. The number of hydrogen-bond donors (Lipinski definition) is 0. The molecule has 2 rings (SSSR count). The van der Waals surface area contributed by atoms with Gasteiger partial charge in [0.1, 0.15) is 6.61 Å². The summed E-state index contributed by atoms with van der Waals surface area (Å²) in [6.07, 6.45) is 1.04. The van der Waals surface area contributed by atoms with E-state index in [-0.39, 0.29) is 0 Å². The molecule has 0 saturated heterocycles. The lowest BCUT2D eigenvalue weighted by molar-refractivity contribution is -0.147. The van der Waals surface area contributed by atoms with Gasteiger partial charge in [0, 0.05) is 11.5 Å². The minimum absolute atomic E-state index is 0.538. The van der Waals surface area contributed by atoms with Crippen LogP contribution in [0.1, 0.15) is 25.0 Å². The van der Waals surface area contributed by atoms with Crippen molar-refractivity contribution in [3.05, 3.63) is 45.8 Å². The highest BCUT2D eigenvalue weighted by molar-refractivity contribution is 6.28. The molecule has 0 N–H and O–H groups in total. The molecule has 0 unspecified atom stereocenters. The number of halogens is 6. The monoisotopic (exact) mass is 368 g/mol. The van der Waals surface area contributed by atoms with Gasteiger partial charge in [-0.15, -0.1) is 0 Å². The second kappa shape index (κ2) is 6.35. The Balaban J connectivity index is 2.16. The van der Waals surface area contributed by atoms with Crippen molar-refractivity contribution in [2.45, 2.75) is 27.4 Å². The fourth-order valence-electron chi connectivity index (χ4n) is 2.72. The van der Waals surface area contributed by atoms with E-state index in [2.05, 4.69) is 0 Å². The van der Waals surface area contributed by atoms with Crippen molar-refractivity contribution in [1.82, 2.24) is 0 Å². The summed E-state index contributed by atoms with van der Waals surface area (Å²) in [6.45, 7) is 3.23. The van der Waals surface area contributed by atoms with Gasteiger partial charge in [-0.25, -0.2) is 17.6 Å². The van der Waals surface area contributed by atoms with E-state index >= 15 is 0 Å². The molecule has 0 aromatic heterocycles. The number of rotatable bonds is 4. The van der Waals surface area contributed by atoms with Crippen LogP contribution < -0.4 is 0 Å². The molecule has 1 aliphatic rings. The van der Waals surface area contributed by atoms with Crippen molar-refractivity contribution >= 4 is 17.6 Å². The Morgan fingerprint density at radius 3 is 2.12 bits per heavy atom. The molecule has 0 aliphatic heterocycles. The smallest absolute Gasteiger partial charge is 0.310 e. The molecule has 0 heterocycles. The van der Waals surface area contributed by atoms with E-state index in [9.17, 15) is 26.7 Å². The summed E-state index contributed by atoms with van der Waals surface area (Å²) in [5.74, 6) is -8.49. The number of carbonyl (C=O) groups excluding carboxylic acids is 1. The number of carbonyl (C=O) groups is 1. The number of ether oxygens (including phenoxy) is 1. The zero-order chi connectivity index (χ0) is 18.4. The highest BCUT2D eigenvalue weighted by atomic mass is 35.5. The average Bonchev–Trinajstić information content (AvgIpc) is 3.02. The minimum Gasteiger partial charge on any atom is -0.460 e. The quantitative estimate of drug-likeness (QED) is 0.428. The summed E-state index contributed by atoms with van der Waals surface area (Å²) in [4.78, 5) is 12.0. The molecule has 132 valence electrons. The Bertz CT molecular complexity index is 697. The third-order valence-corrected chi connectivity index (χ3v) is 4.53. The first-order chi connectivity index (χ1) is 11.0. The highest BCUT2D eigenvalue weighted by Crippen LogP contribution is 2.60. The Kier molecular flexibility index (Phi) is 4.95. The molecule has 1 aromatic rings. The molecule has 24 heavy (non-hydrogen) atoms. The topological polar surface area (TPSA) is 26.3 Å². The summed E-state index contributed by atoms with van der Waals surface area (Å²) in [5.41, 5.74) is -2.46. The van der Waals surface area contributed by atoms with E-state index in [0.717, 1.165) is 13.0 Å². The summed E-state index contributed by atoms with van der Waals surface area (Å²) >= 11 is 5.13. The second-order valence-electron chi connectivity index (χ2n) is 6.25. The van der Waals surface area contributed by atoms with Crippen LogP contribution in [0, 0.1) is 47.4 Å². The van der Waals surface area contributed by atoms with Crippen molar-refractivity contribution in [2.24, 2.45) is 17.3 Å². The molecule has 1 saturated carbocycles. The van der Waals surface area contributed by atoms with Crippen molar-refractivity contribution in [2.75, 3.05) is 0 Å². The van der Waals surface area contributed by atoms with Gasteiger partial charge in [-0.3, -0.25) is 4.79 Å². The van der Waals surface area contributed by atoms with Crippen molar-refractivity contribution < 1.29 is 31.5 Å². The minimum atomic E-state index is -1.61. The zero-order valence-corrected chi connectivity index (χ0v) is 13.8. The van der Waals surface area contributed by atoms with Gasteiger partial charge in [0.15, 0.2) is 28.6 Å². The summed E-state index contributed by atoms with van der Waals surface area (Å²) in [6, 6.07) is 0. The summed E-state index contributed by atoms with van der Waals surface area (Å²) in [7, 11) is 0. The normalized spacial score (nSPS) is 22.5. The van der Waals surface area contributed by atoms with Gasteiger partial charge in [-0.2, -0.15) is 4.39 Å². The lowest BCUT2D eigenvalue weighted by Gasteiger charge is -2.10. The molecule has 1 aliphatic carbocycles. The van der Waals surface area contributed by atoms with E-state index in [1.165, 1.54) is 0 Å². The van der Waals surface area contributed by atoms with E-state index < -0.39 is 69.5 Å². The van der Waals surface area contributed by atoms with Crippen LogP contribution >= 0.6 is 11.6 Å². The fourth-order valence-corrected chi connectivity index (χ4v) is 2.86. The molecule has 1 aromatic carbocycles. The Morgan fingerprint density at radius 1 is 1.17 bits per heavy atom. The van der Waals surface area contributed by atoms with Gasteiger partial charge in [0.2, 0.25) is 0 Å². The van der Waals surface area contributed by atoms with Crippen LogP contribution in [0.25, 0.3) is 0 Å². The lowest BCUT2D eigenvalue weighted by Crippen LogP contribution is -2.14. The Hall–Kier alpha value is -1.63. The van der Waals surface area contributed by atoms with E-state index in [0.29, 0.717) is 0 Å². The van der Waals surface area contributed by atoms with Crippen molar-refractivity contribution in [3.8, 4) is 0 Å². The zero-order valence-electron chi connectivity index (χ0n) is 13.0. The molecule has 0 bridgehead atoms. The third kappa shape index (κ3) is 3.14. The average molecular weight is 369 g/mol. The maximum Gasteiger partial charge on any atom is 0.310 e. The largest absolute Gasteiger partial charge is 0.460 e. The molecule has 2 atom stereocenters. The molecule has 0 amide bonds. The summed E-state index contributed by atoms with van der Waals surface area (Å²) < 4.78 is 71.9. The predicted molar refractivity (Wildman–Crippen MR) is 76.6 cm³/mol. The molecular weight excluding hydrogens is 355 g/mol. The maximum atomic E-state index is 13.7. The van der Waals surface area contributed by atoms with Crippen LogP contribution in [-0.4, -0.2) is 5.97 Å². The van der Waals surface area contributed by atoms with E-state index in [1.807, 2.05) is 0 Å². The van der Waals surface area contributed by atoms with Gasteiger partial charge in [0.25, 0.3) is 0 Å². The first kappa shape index (κ1) is 18.7. The van der Waals surface area contributed by atoms with Crippen LogP contribution in [0.2, 0.25) is 0 Å². The molecule has 8 heteroatoms. The molecule has 0 spiro atoms. The number of esters is 1. The van der Waals surface area contributed by atoms with E-state index in [1.54, 1.807) is 13.8 Å². The van der Waals surface area contributed by atoms with Crippen LogP contribution in [0.15, 0.2) is 11.4 Å². The highest BCUT2D eigenvalue weighted by Gasteiger charge is 2.61. The number of hydrogen-bond acceptors (Lipinski definition) is 2. The standard InChI is InChI=1S/C16H14ClF5O2/c1-6-11(19)13(21)7(14(22)12(6)20)5-24-15(23)10-8(4-9(17)18)16(10,2)3/h4,8,10H,5H2,1-3H3/t8-,10+/m0/s1. The van der Waals surface area contributed by atoms with Crippen LogP contribution in [-0.2, 0) is 16.1 Å². The van der Waals surface area contributed by atoms with Gasteiger partial charge < -0.3 is 4.74 Å². The van der Waals surface area contributed by atoms with Crippen molar-refractivity contribution in [1.29, 1.82) is 0 Å². The fraction of sp³-hybridized carbons (Fsp3) is 0.438. The van der Waals surface area contributed by atoms with Gasteiger partial charge in [-0.1, -0.05) is 25.4 Å². The van der Waals surface area contributed by atoms with Gasteiger partial charge >= 0.3 is 5.97 Å². The predicted octanol–water partition coefficient (Wildman–Crippen LogP) is 4.92.